The summed E-state index contributed by atoms with van der Waals surface area (Å²) in [5.41, 5.74) is 3.14. The fourth-order valence-electron chi connectivity index (χ4n) is 2.96. The number of halogens is 1. The van der Waals surface area contributed by atoms with Crippen molar-refractivity contribution in [2.75, 3.05) is 7.11 Å². The number of nitrogens with one attached hydrogen (secondary N) is 1. The molecular formula is C21H21FN2O. The summed E-state index contributed by atoms with van der Waals surface area (Å²) >= 11 is 0. The summed E-state index contributed by atoms with van der Waals surface area (Å²) in [6, 6.07) is 18.4. The third-order valence-electron chi connectivity index (χ3n) is 4.26. The average molecular weight is 336 g/mol. The molecule has 1 heterocycles. The standard InChI is InChI=1S/C21H21FN2O/c1-15(19-5-3-4-6-20(19)25-2)24-21(17-11-13-23-14-12-17)16-7-9-18(22)10-8-16/h3-15,21,24H,1-2H3/t15-,21+/m0/s1. The molecule has 0 saturated heterocycles. The van der Waals surface area contributed by atoms with E-state index in [1.165, 1.54) is 12.1 Å². The zero-order valence-electron chi connectivity index (χ0n) is 14.3. The number of rotatable bonds is 6. The first kappa shape index (κ1) is 17.1. The van der Waals surface area contributed by atoms with Gasteiger partial charge in [-0.1, -0.05) is 30.3 Å². The van der Waals surface area contributed by atoms with Crippen LogP contribution in [-0.4, -0.2) is 12.1 Å². The predicted octanol–water partition coefficient (Wildman–Crippen LogP) is 4.67. The van der Waals surface area contributed by atoms with Gasteiger partial charge in [-0.3, -0.25) is 10.3 Å². The lowest BCUT2D eigenvalue weighted by molar-refractivity contribution is 0.398. The molecule has 3 nitrogen and oxygen atoms in total. The van der Waals surface area contributed by atoms with E-state index in [4.69, 9.17) is 4.74 Å². The van der Waals surface area contributed by atoms with E-state index in [1.54, 1.807) is 19.5 Å². The average Bonchev–Trinajstić information content (AvgIpc) is 2.67. The Morgan fingerprint density at radius 1 is 0.920 bits per heavy atom. The smallest absolute Gasteiger partial charge is 0.123 e. The van der Waals surface area contributed by atoms with Crippen LogP contribution < -0.4 is 10.1 Å². The topological polar surface area (TPSA) is 34.1 Å². The lowest BCUT2D eigenvalue weighted by Crippen LogP contribution is -2.26. The van der Waals surface area contributed by atoms with Crippen molar-refractivity contribution in [3.05, 3.63) is 95.6 Å². The first-order valence-corrected chi connectivity index (χ1v) is 8.23. The van der Waals surface area contributed by atoms with E-state index in [0.717, 1.165) is 22.4 Å². The van der Waals surface area contributed by atoms with Crippen molar-refractivity contribution in [1.29, 1.82) is 0 Å². The van der Waals surface area contributed by atoms with Crippen LogP contribution in [-0.2, 0) is 0 Å². The van der Waals surface area contributed by atoms with Gasteiger partial charge in [0.25, 0.3) is 0 Å². The van der Waals surface area contributed by atoms with Crippen LogP contribution in [0.4, 0.5) is 4.39 Å². The van der Waals surface area contributed by atoms with Gasteiger partial charge in [-0.25, -0.2) is 4.39 Å². The van der Waals surface area contributed by atoms with Crippen LogP contribution >= 0.6 is 0 Å². The summed E-state index contributed by atoms with van der Waals surface area (Å²) in [5.74, 6) is 0.602. The molecule has 0 unspecified atom stereocenters. The minimum atomic E-state index is -0.241. The van der Waals surface area contributed by atoms with Gasteiger partial charge in [0.1, 0.15) is 11.6 Å². The molecule has 1 aromatic heterocycles. The molecule has 128 valence electrons. The summed E-state index contributed by atoms with van der Waals surface area (Å²) in [7, 11) is 1.67. The van der Waals surface area contributed by atoms with Crippen LogP contribution in [0.3, 0.4) is 0 Å². The van der Waals surface area contributed by atoms with E-state index >= 15 is 0 Å². The Labute approximate surface area is 147 Å². The highest BCUT2D eigenvalue weighted by atomic mass is 19.1. The molecule has 0 aliphatic rings. The molecule has 25 heavy (non-hydrogen) atoms. The van der Waals surface area contributed by atoms with Crippen LogP contribution in [0.1, 0.15) is 35.7 Å². The number of para-hydroxylation sites is 1. The molecular weight excluding hydrogens is 315 g/mol. The van der Waals surface area contributed by atoms with E-state index in [0.29, 0.717) is 0 Å². The van der Waals surface area contributed by atoms with Gasteiger partial charge in [-0.15, -0.1) is 0 Å². The summed E-state index contributed by atoms with van der Waals surface area (Å²) in [6.45, 7) is 2.09. The zero-order chi connectivity index (χ0) is 17.6. The molecule has 1 N–H and O–H groups in total. The van der Waals surface area contributed by atoms with Crippen LogP contribution in [0, 0.1) is 5.82 Å². The Morgan fingerprint density at radius 2 is 1.56 bits per heavy atom. The molecule has 0 radical (unpaired) electrons. The molecule has 0 aliphatic carbocycles. The van der Waals surface area contributed by atoms with Crippen molar-refractivity contribution >= 4 is 0 Å². The van der Waals surface area contributed by atoms with Crippen LogP contribution in [0.25, 0.3) is 0 Å². The quantitative estimate of drug-likeness (QED) is 0.710. The van der Waals surface area contributed by atoms with Crippen LogP contribution in [0.2, 0.25) is 0 Å². The minimum Gasteiger partial charge on any atom is -0.496 e. The largest absolute Gasteiger partial charge is 0.496 e. The summed E-state index contributed by atoms with van der Waals surface area (Å²) in [6.07, 6.45) is 3.53. The van der Waals surface area contributed by atoms with Crippen molar-refractivity contribution in [3.8, 4) is 5.75 Å². The molecule has 3 rings (SSSR count). The van der Waals surface area contributed by atoms with Gasteiger partial charge in [-0.05, 0) is 48.4 Å². The number of hydrogen-bond donors (Lipinski definition) is 1. The maximum absolute atomic E-state index is 13.3. The van der Waals surface area contributed by atoms with E-state index in [-0.39, 0.29) is 17.9 Å². The van der Waals surface area contributed by atoms with Gasteiger partial charge < -0.3 is 4.74 Å². The molecule has 0 amide bonds. The third-order valence-corrected chi connectivity index (χ3v) is 4.26. The molecule has 0 saturated carbocycles. The fraction of sp³-hybridized carbons (Fsp3) is 0.190. The van der Waals surface area contributed by atoms with E-state index < -0.39 is 0 Å². The second kappa shape index (κ2) is 7.90. The minimum absolute atomic E-state index is 0.0411. The van der Waals surface area contributed by atoms with Crippen molar-refractivity contribution < 1.29 is 9.13 Å². The number of nitrogens with zero attached hydrogens (tertiary/aromatic N) is 1. The van der Waals surface area contributed by atoms with Crippen molar-refractivity contribution in [2.45, 2.75) is 19.0 Å². The summed E-state index contributed by atoms with van der Waals surface area (Å²) in [4.78, 5) is 4.09. The number of methoxy groups -OCH3 is 1. The molecule has 2 atom stereocenters. The molecule has 2 aromatic carbocycles. The third kappa shape index (κ3) is 4.03. The second-order valence-electron chi connectivity index (χ2n) is 5.90. The van der Waals surface area contributed by atoms with Crippen molar-refractivity contribution in [1.82, 2.24) is 10.3 Å². The lowest BCUT2D eigenvalue weighted by atomic mass is 9.97. The first-order chi connectivity index (χ1) is 12.2. The Kier molecular flexibility index (Phi) is 5.41. The van der Waals surface area contributed by atoms with Crippen molar-refractivity contribution in [2.24, 2.45) is 0 Å². The predicted molar refractivity (Wildman–Crippen MR) is 97.0 cm³/mol. The van der Waals surface area contributed by atoms with Gasteiger partial charge >= 0.3 is 0 Å². The number of aromatic nitrogens is 1. The molecule has 3 aromatic rings. The highest BCUT2D eigenvalue weighted by molar-refractivity contribution is 5.37. The van der Waals surface area contributed by atoms with Gasteiger partial charge in [0.2, 0.25) is 0 Å². The molecule has 0 fully saturated rings. The van der Waals surface area contributed by atoms with Crippen LogP contribution in [0.15, 0.2) is 73.1 Å². The van der Waals surface area contributed by atoms with Gasteiger partial charge in [0.15, 0.2) is 0 Å². The molecule has 0 spiro atoms. The van der Waals surface area contributed by atoms with Crippen LogP contribution in [0.5, 0.6) is 5.75 Å². The van der Waals surface area contributed by atoms with E-state index in [1.807, 2.05) is 48.5 Å². The Balaban J connectivity index is 1.93. The van der Waals surface area contributed by atoms with Gasteiger partial charge in [-0.2, -0.15) is 0 Å². The SMILES string of the molecule is COc1ccccc1[C@H](C)N[C@@H](c1ccncc1)c1ccc(F)cc1. The molecule has 0 bridgehead atoms. The number of ether oxygens (including phenoxy) is 1. The maximum atomic E-state index is 13.3. The molecule has 0 aliphatic heterocycles. The monoisotopic (exact) mass is 336 g/mol. The van der Waals surface area contributed by atoms with E-state index in [9.17, 15) is 4.39 Å². The summed E-state index contributed by atoms with van der Waals surface area (Å²) < 4.78 is 18.8. The van der Waals surface area contributed by atoms with Gasteiger partial charge in [0.05, 0.1) is 13.2 Å². The second-order valence-corrected chi connectivity index (χ2v) is 5.90. The molecule has 4 heteroatoms. The Bertz CT molecular complexity index is 806. The van der Waals surface area contributed by atoms with E-state index in [2.05, 4.69) is 17.2 Å². The number of hydrogen-bond acceptors (Lipinski definition) is 3. The van der Waals surface area contributed by atoms with Crippen molar-refractivity contribution in [3.63, 3.8) is 0 Å². The fourth-order valence-corrected chi connectivity index (χ4v) is 2.96. The normalized spacial score (nSPS) is 13.2. The highest BCUT2D eigenvalue weighted by Crippen LogP contribution is 2.29. The number of benzene rings is 2. The maximum Gasteiger partial charge on any atom is 0.123 e. The Hall–Kier alpha value is -2.72. The Morgan fingerprint density at radius 3 is 2.24 bits per heavy atom. The first-order valence-electron chi connectivity index (χ1n) is 8.23. The zero-order valence-corrected chi connectivity index (χ0v) is 14.3. The highest BCUT2D eigenvalue weighted by Gasteiger charge is 2.19. The number of pyridine rings is 1. The van der Waals surface area contributed by atoms with Gasteiger partial charge in [0, 0.05) is 24.0 Å². The lowest BCUT2D eigenvalue weighted by Gasteiger charge is -2.25. The summed E-state index contributed by atoms with van der Waals surface area (Å²) in [5, 5.41) is 3.63.